The molecule has 108 valence electrons. The first-order valence-corrected chi connectivity index (χ1v) is 7.15. The molecular formula is C17H17NO3. The summed E-state index contributed by atoms with van der Waals surface area (Å²) in [5, 5.41) is 10.9. The summed E-state index contributed by atoms with van der Waals surface area (Å²) in [5.74, 6) is 0.448. The minimum Gasteiger partial charge on any atom is -0.373 e. The van der Waals surface area contributed by atoms with Crippen molar-refractivity contribution in [2.45, 2.75) is 24.9 Å². The van der Waals surface area contributed by atoms with Gasteiger partial charge in [0.25, 0.3) is 5.69 Å². The van der Waals surface area contributed by atoms with Crippen molar-refractivity contribution in [3.05, 3.63) is 75.8 Å². The number of nitro benzene ring substituents is 1. The lowest BCUT2D eigenvalue weighted by molar-refractivity contribution is -0.385. The van der Waals surface area contributed by atoms with Gasteiger partial charge in [-0.1, -0.05) is 42.5 Å². The fourth-order valence-corrected chi connectivity index (χ4v) is 2.90. The molecule has 1 aliphatic heterocycles. The first kappa shape index (κ1) is 13.8. The Morgan fingerprint density at radius 3 is 2.57 bits per heavy atom. The number of ether oxygens (including phenoxy) is 1. The second kappa shape index (κ2) is 6.06. The number of nitro groups is 1. The van der Waals surface area contributed by atoms with E-state index >= 15 is 0 Å². The van der Waals surface area contributed by atoms with E-state index in [4.69, 9.17) is 4.74 Å². The van der Waals surface area contributed by atoms with Crippen LogP contribution < -0.4 is 0 Å². The van der Waals surface area contributed by atoms with Crippen LogP contribution in [0.3, 0.4) is 0 Å². The molecule has 0 amide bonds. The molecule has 0 bridgehead atoms. The molecule has 4 heteroatoms. The van der Waals surface area contributed by atoms with Crippen molar-refractivity contribution >= 4 is 5.69 Å². The van der Waals surface area contributed by atoms with Gasteiger partial charge >= 0.3 is 0 Å². The molecule has 0 aromatic heterocycles. The second-order valence-corrected chi connectivity index (χ2v) is 5.34. The zero-order valence-electron chi connectivity index (χ0n) is 11.6. The summed E-state index contributed by atoms with van der Waals surface area (Å²) in [7, 11) is 0. The van der Waals surface area contributed by atoms with E-state index in [9.17, 15) is 10.1 Å². The molecule has 4 nitrogen and oxygen atoms in total. The molecule has 1 heterocycles. The van der Waals surface area contributed by atoms with Gasteiger partial charge in [0, 0.05) is 18.7 Å². The van der Waals surface area contributed by atoms with Gasteiger partial charge in [0.2, 0.25) is 0 Å². The molecule has 0 spiro atoms. The summed E-state index contributed by atoms with van der Waals surface area (Å²) in [4.78, 5) is 10.5. The Kier molecular flexibility index (Phi) is 3.97. The lowest BCUT2D eigenvalue weighted by Crippen LogP contribution is -2.18. The third kappa shape index (κ3) is 3.11. The van der Waals surface area contributed by atoms with Crippen LogP contribution in [0.25, 0.3) is 0 Å². The van der Waals surface area contributed by atoms with Crippen LogP contribution in [0.5, 0.6) is 0 Å². The molecule has 0 unspecified atom stereocenters. The molecule has 3 rings (SSSR count). The SMILES string of the molecule is O=[N+]([O-])c1cccc([C@@H]2C[C@H](c3ccccc3)CCO2)c1. The lowest BCUT2D eigenvalue weighted by Gasteiger charge is -2.30. The quantitative estimate of drug-likeness (QED) is 0.625. The second-order valence-electron chi connectivity index (χ2n) is 5.34. The maximum atomic E-state index is 10.9. The summed E-state index contributed by atoms with van der Waals surface area (Å²) < 4.78 is 5.83. The molecular weight excluding hydrogens is 266 g/mol. The van der Waals surface area contributed by atoms with Crippen LogP contribution in [0, 0.1) is 10.1 Å². The van der Waals surface area contributed by atoms with Crippen LogP contribution in [-0.4, -0.2) is 11.5 Å². The summed E-state index contributed by atoms with van der Waals surface area (Å²) in [6.45, 7) is 0.687. The Labute approximate surface area is 123 Å². The van der Waals surface area contributed by atoms with Crippen LogP contribution in [-0.2, 0) is 4.74 Å². The molecule has 2 atom stereocenters. The van der Waals surface area contributed by atoms with Gasteiger partial charge in [-0.05, 0) is 29.9 Å². The van der Waals surface area contributed by atoms with Gasteiger partial charge in [-0.3, -0.25) is 10.1 Å². The third-order valence-corrected chi connectivity index (χ3v) is 4.01. The number of non-ortho nitro benzene ring substituents is 1. The summed E-state index contributed by atoms with van der Waals surface area (Å²) >= 11 is 0. The first-order valence-electron chi connectivity index (χ1n) is 7.15. The van der Waals surface area contributed by atoms with E-state index in [1.54, 1.807) is 12.1 Å². The lowest BCUT2D eigenvalue weighted by atomic mass is 9.86. The number of hydrogen-bond acceptors (Lipinski definition) is 3. The molecule has 1 aliphatic rings. The van der Waals surface area contributed by atoms with Crippen molar-refractivity contribution in [1.82, 2.24) is 0 Å². The van der Waals surface area contributed by atoms with Gasteiger partial charge in [0.1, 0.15) is 0 Å². The van der Waals surface area contributed by atoms with Gasteiger partial charge in [0.05, 0.1) is 11.0 Å². The van der Waals surface area contributed by atoms with Gasteiger partial charge in [0.15, 0.2) is 0 Å². The molecule has 1 fully saturated rings. The van der Waals surface area contributed by atoms with Gasteiger partial charge in [-0.15, -0.1) is 0 Å². The van der Waals surface area contributed by atoms with Crippen molar-refractivity contribution in [2.75, 3.05) is 6.61 Å². The highest BCUT2D eigenvalue weighted by molar-refractivity contribution is 5.36. The van der Waals surface area contributed by atoms with Crippen LogP contribution in [0.15, 0.2) is 54.6 Å². The summed E-state index contributed by atoms with van der Waals surface area (Å²) in [5.41, 5.74) is 2.33. The van der Waals surface area contributed by atoms with Crippen molar-refractivity contribution in [3.63, 3.8) is 0 Å². The van der Waals surface area contributed by atoms with E-state index in [0.29, 0.717) is 12.5 Å². The van der Waals surface area contributed by atoms with E-state index in [0.717, 1.165) is 18.4 Å². The fourth-order valence-electron chi connectivity index (χ4n) is 2.90. The van der Waals surface area contributed by atoms with Crippen LogP contribution in [0.1, 0.15) is 36.0 Å². The summed E-state index contributed by atoms with van der Waals surface area (Å²) in [6.07, 6.45) is 1.80. The smallest absolute Gasteiger partial charge is 0.269 e. The van der Waals surface area contributed by atoms with Crippen molar-refractivity contribution in [1.29, 1.82) is 0 Å². The Bertz CT molecular complexity index is 627. The largest absolute Gasteiger partial charge is 0.373 e. The Morgan fingerprint density at radius 1 is 1.05 bits per heavy atom. The normalized spacial score (nSPS) is 21.9. The Balaban J connectivity index is 1.80. The Morgan fingerprint density at radius 2 is 1.81 bits per heavy atom. The topological polar surface area (TPSA) is 52.4 Å². The zero-order valence-corrected chi connectivity index (χ0v) is 11.6. The number of nitrogens with zero attached hydrogens (tertiary/aromatic N) is 1. The average molecular weight is 283 g/mol. The maximum absolute atomic E-state index is 10.9. The first-order chi connectivity index (χ1) is 10.2. The van der Waals surface area contributed by atoms with E-state index in [1.807, 2.05) is 24.3 Å². The number of hydrogen-bond donors (Lipinski definition) is 0. The predicted molar refractivity (Wildman–Crippen MR) is 80.2 cm³/mol. The minimum atomic E-state index is -0.360. The molecule has 2 aromatic rings. The molecule has 2 aromatic carbocycles. The number of rotatable bonds is 3. The van der Waals surface area contributed by atoms with E-state index in [-0.39, 0.29) is 16.7 Å². The van der Waals surface area contributed by atoms with Gasteiger partial charge in [-0.2, -0.15) is 0 Å². The van der Waals surface area contributed by atoms with Gasteiger partial charge in [-0.25, -0.2) is 0 Å². The average Bonchev–Trinajstić information content (AvgIpc) is 2.56. The maximum Gasteiger partial charge on any atom is 0.269 e. The third-order valence-electron chi connectivity index (χ3n) is 4.01. The number of benzene rings is 2. The molecule has 0 aliphatic carbocycles. The molecule has 0 saturated carbocycles. The van der Waals surface area contributed by atoms with Crippen molar-refractivity contribution < 1.29 is 9.66 Å². The van der Waals surface area contributed by atoms with E-state index in [1.165, 1.54) is 11.6 Å². The highest BCUT2D eigenvalue weighted by atomic mass is 16.6. The van der Waals surface area contributed by atoms with E-state index < -0.39 is 0 Å². The minimum absolute atomic E-state index is 0.0659. The van der Waals surface area contributed by atoms with Crippen molar-refractivity contribution in [3.8, 4) is 0 Å². The molecule has 0 radical (unpaired) electrons. The zero-order chi connectivity index (χ0) is 14.7. The highest BCUT2D eigenvalue weighted by Gasteiger charge is 2.25. The van der Waals surface area contributed by atoms with Crippen LogP contribution in [0.4, 0.5) is 5.69 Å². The van der Waals surface area contributed by atoms with Gasteiger partial charge < -0.3 is 4.74 Å². The molecule has 21 heavy (non-hydrogen) atoms. The predicted octanol–water partition coefficient (Wildman–Crippen LogP) is 4.23. The van der Waals surface area contributed by atoms with Crippen molar-refractivity contribution in [2.24, 2.45) is 0 Å². The highest BCUT2D eigenvalue weighted by Crippen LogP contribution is 2.37. The Hall–Kier alpha value is -2.20. The standard InChI is InChI=1S/C17H17NO3/c19-18(20)16-8-4-7-15(11-16)17-12-14(9-10-21-17)13-5-2-1-3-6-13/h1-8,11,14,17H,9-10,12H2/t14-,17+/m1/s1. The summed E-state index contributed by atoms with van der Waals surface area (Å²) in [6, 6.07) is 17.2. The molecule has 0 N–H and O–H groups in total. The molecule has 1 saturated heterocycles. The van der Waals surface area contributed by atoms with E-state index in [2.05, 4.69) is 12.1 Å². The fraction of sp³-hybridized carbons (Fsp3) is 0.294. The van der Waals surface area contributed by atoms with Crippen LogP contribution >= 0.6 is 0 Å². The monoisotopic (exact) mass is 283 g/mol. The van der Waals surface area contributed by atoms with Crippen LogP contribution in [0.2, 0.25) is 0 Å².